The van der Waals surface area contributed by atoms with Gasteiger partial charge in [-0.05, 0) is 6.42 Å². The summed E-state index contributed by atoms with van der Waals surface area (Å²) >= 11 is 0. The predicted octanol–water partition coefficient (Wildman–Crippen LogP) is 0.594. The van der Waals surface area contributed by atoms with Crippen LogP contribution < -0.4 is 0 Å². The Morgan fingerprint density at radius 2 is 1.44 bits per heavy atom. The molecular weight excluding hydrogens is 216 g/mol. The Morgan fingerprint density at radius 1 is 1.06 bits per heavy atom. The molecule has 6 nitrogen and oxygen atoms in total. The van der Waals surface area contributed by atoms with E-state index >= 15 is 0 Å². The average molecular weight is 232 g/mol. The molecule has 0 aliphatic rings. The van der Waals surface area contributed by atoms with Crippen molar-refractivity contribution in [3.05, 3.63) is 0 Å². The lowest BCUT2D eigenvalue weighted by molar-refractivity contribution is -0.166. The summed E-state index contributed by atoms with van der Waals surface area (Å²) < 4.78 is 9.36. The number of carbonyl (C=O) groups is 3. The number of rotatable bonds is 6. The maximum Gasteiger partial charge on any atom is 0.316 e. The maximum atomic E-state index is 11.1. The Morgan fingerprint density at radius 3 is 1.62 bits per heavy atom. The number of hydrogen-bond donors (Lipinski definition) is 1. The molecule has 0 aromatic rings. The van der Waals surface area contributed by atoms with Crippen LogP contribution in [0, 0.1) is 5.41 Å². The Hall–Kier alpha value is -1.59. The highest BCUT2D eigenvalue weighted by Crippen LogP contribution is 2.23. The molecule has 0 unspecified atom stereocenters. The van der Waals surface area contributed by atoms with Gasteiger partial charge in [-0.25, -0.2) is 0 Å². The summed E-state index contributed by atoms with van der Waals surface area (Å²) in [5, 5.41) is 9.07. The fraction of sp³-hybridized carbons (Fsp3) is 0.700. The third kappa shape index (κ3) is 4.29. The summed E-state index contributed by atoms with van der Waals surface area (Å²) in [5.74, 6) is -2.29. The molecule has 0 atom stereocenters. The number of hydrogen-bond acceptors (Lipinski definition) is 5. The van der Waals surface area contributed by atoms with E-state index in [4.69, 9.17) is 5.11 Å². The fourth-order valence-electron chi connectivity index (χ4n) is 1.00. The molecule has 0 saturated heterocycles. The van der Waals surface area contributed by atoms with Gasteiger partial charge in [0.25, 0.3) is 0 Å². The lowest BCUT2D eigenvalue weighted by Crippen LogP contribution is -2.40. The standard InChI is InChI=1S/C10H16O6/c1-4-10(9(13)14,5-15-7(2)11)6-16-8(3)12/h4-6H2,1-3H3,(H,13,14). The zero-order valence-corrected chi connectivity index (χ0v) is 9.61. The molecule has 0 rings (SSSR count). The molecule has 0 heterocycles. The number of aliphatic carboxylic acids is 1. The van der Waals surface area contributed by atoms with Crippen LogP contribution in [0.2, 0.25) is 0 Å². The van der Waals surface area contributed by atoms with Crippen molar-refractivity contribution in [2.24, 2.45) is 5.41 Å². The number of carboxylic acid groups (broad SMARTS) is 1. The van der Waals surface area contributed by atoms with E-state index in [1.165, 1.54) is 13.8 Å². The molecule has 0 bridgehead atoms. The van der Waals surface area contributed by atoms with Gasteiger partial charge in [0.1, 0.15) is 18.6 Å². The normalized spacial score (nSPS) is 10.7. The Bertz CT molecular complexity index is 265. The second-order valence-corrected chi connectivity index (χ2v) is 3.50. The van der Waals surface area contributed by atoms with Crippen LogP contribution in [0.3, 0.4) is 0 Å². The van der Waals surface area contributed by atoms with Crippen molar-refractivity contribution in [3.63, 3.8) is 0 Å². The van der Waals surface area contributed by atoms with Crippen LogP contribution in [0.1, 0.15) is 27.2 Å². The molecule has 92 valence electrons. The number of carbonyl (C=O) groups excluding carboxylic acids is 2. The van der Waals surface area contributed by atoms with E-state index in [-0.39, 0.29) is 19.6 Å². The van der Waals surface area contributed by atoms with Crippen LogP contribution in [0.25, 0.3) is 0 Å². The van der Waals surface area contributed by atoms with Crippen LogP contribution >= 0.6 is 0 Å². The predicted molar refractivity (Wildman–Crippen MR) is 53.6 cm³/mol. The van der Waals surface area contributed by atoms with E-state index < -0.39 is 23.3 Å². The zero-order chi connectivity index (χ0) is 12.8. The summed E-state index contributed by atoms with van der Waals surface area (Å²) in [4.78, 5) is 32.4. The first-order valence-corrected chi connectivity index (χ1v) is 4.84. The summed E-state index contributed by atoms with van der Waals surface area (Å²) in [6.07, 6.45) is 0.197. The second kappa shape index (κ2) is 6.09. The molecule has 6 heteroatoms. The molecule has 0 aromatic heterocycles. The van der Waals surface area contributed by atoms with Crippen LogP contribution in [0.15, 0.2) is 0 Å². The quantitative estimate of drug-likeness (QED) is 0.674. The van der Waals surface area contributed by atoms with Gasteiger partial charge in [0, 0.05) is 13.8 Å². The van der Waals surface area contributed by atoms with Gasteiger partial charge >= 0.3 is 17.9 Å². The van der Waals surface area contributed by atoms with Crippen molar-refractivity contribution >= 4 is 17.9 Å². The molecule has 0 aliphatic heterocycles. The minimum absolute atomic E-state index is 0.197. The molecule has 0 fully saturated rings. The third-order valence-corrected chi connectivity index (χ3v) is 2.23. The molecule has 0 spiro atoms. The first-order chi connectivity index (χ1) is 7.34. The Kier molecular flexibility index (Phi) is 5.49. The minimum Gasteiger partial charge on any atom is -0.481 e. The largest absolute Gasteiger partial charge is 0.481 e. The van der Waals surface area contributed by atoms with E-state index in [1.54, 1.807) is 6.92 Å². The van der Waals surface area contributed by atoms with Gasteiger partial charge in [0.15, 0.2) is 0 Å². The lowest BCUT2D eigenvalue weighted by atomic mass is 9.87. The third-order valence-electron chi connectivity index (χ3n) is 2.23. The summed E-state index contributed by atoms with van der Waals surface area (Å²) in [6, 6.07) is 0. The summed E-state index contributed by atoms with van der Waals surface area (Å²) in [7, 11) is 0. The molecule has 0 aliphatic carbocycles. The Labute approximate surface area is 93.5 Å². The average Bonchev–Trinajstić information content (AvgIpc) is 2.17. The zero-order valence-electron chi connectivity index (χ0n) is 9.61. The molecular formula is C10H16O6. The van der Waals surface area contributed by atoms with Crippen molar-refractivity contribution in [2.75, 3.05) is 13.2 Å². The topological polar surface area (TPSA) is 89.9 Å². The summed E-state index contributed by atoms with van der Waals surface area (Å²) in [5.41, 5.74) is -1.36. The van der Waals surface area contributed by atoms with E-state index in [1.807, 2.05) is 0 Å². The molecule has 1 N–H and O–H groups in total. The van der Waals surface area contributed by atoms with Crippen LogP contribution in [-0.4, -0.2) is 36.2 Å². The van der Waals surface area contributed by atoms with E-state index in [0.717, 1.165) is 0 Å². The van der Waals surface area contributed by atoms with Crippen molar-refractivity contribution in [1.82, 2.24) is 0 Å². The van der Waals surface area contributed by atoms with Gasteiger partial charge in [0.2, 0.25) is 0 Å². The highest BCUT2D eigenvalue weighted by Gasteiger charge is 2.39. The van der Waals surface area contributed by atoms with Crippen LogP contribution in [0.5, 0.6) is 0 Å². The monoisotopic (exact) mass is 232 g/mol. The lowest BCUT2D eigenvalue weighted by Gasteiger charge is -2.26. The second-order valence-electron chi connectivity index (χ2n) is 3.50. The van der Waals surface area contributed by atoms with Gasteiger partial charge in [-0.15, -0.1) is 0 Å². The highest BCUT2D eigenvalue weighted by molar-refractivity contribution is 5.76. The molecule has 0 saturated carbocycles. The fourth-order valence-corrected chi connectivity index (χ4v) is 1.00. The van der Waals surface area contributed by atoms with Crippen molar-refractivity contribution in [2.45, 2.75) is 27.2 Å². The SMILES string of the molecule is CCC(COC(C)=O)(COC(C)=O)C(=O)O. The van der Waals surface area contributed by atoms with E-state index in [2.05, 4.69) is 9.47 Å². The van der Waals surface area contributed by atoms with Crippen LogP contribution in [0.4, 0.5) is 0 Å². The first kappa shape index (κ1) is 14.4. The van der Waals surface area contributed by atoms with Gasteiger partial charge in [0.05, 0.1) is 0 Å². The van der Waals surface area contributed by atoms with Crippen molar-refractivity contribution in [3.8, 4) is 0 Å². The smallest absolute Gasteiger partial charge is 0.316 e. The van der Waals surface area contributed by atoms with Crippen LogP contribution in [-0.2, 0) is 23.9 Å². The first-order valence-electron chi connectivity index (χ1n) is 4.84. The van der Waals surface area contributed by atoms with Gasteiger partial charge in [-0.1, -0.05) is 6.92 Å². The molecule has 0 amide bonds. The molecule has 16 heavy (non-hydrogen) atoms. The molecule has 0 aromatic carbocycles. The maximum absolute atomic E-state index is 11.1. The minimum atomic E-state index is -1.36. The number of esters is 2. The van der Waals surface area contributed by atoms with Crippen molar-refractivity contribution < 1.29 is 29.0 Å². The Balaban J connectivity index is 4.64. The highest BCUT2D eigenvalue weighted by atomic mass is 16.5. The van der Waals surface area contributed by atoms with E-state index in [0.29, 0.717) is 0 Å². The van der Waals surface area contributed by atoms with Gasteiger partial charge < -0.3 is 14.6 Å². The molecule has 0 radical (unpaired) electrons. The summed E-state index contributed by atoms with van der Waals surface area (Å²) in [6.45, 7) is 3.40. The van der Waals surface area contributed by atoms with E-state index in [9.17, 15) is 14.4 Å². The van der Waals surface area contributed by atoms with Gasteiger partial charge in [-0.2, -0.15) is 0 Å². The van der Waals surface area contributed by atoms with Crippen molar-refractivity contribution in [1.29, 1.82) is 0 Å². The number of ether oxygens (including phenoxy) is 2. The number of carboxylic acids is 1. The van der Waals surface area contributed by atoms with Gasteiger partial charge in [-0.3, -0.25) is 14.4 Å².